The van der Waals surface area contributed by atoms with E-state index in [4.69, 9.17) is 11.6 Å². The number of hydrogen-bond acceptors (Lipinski definition) is 2. The zero-order valence-electron chi connectivity index (χ0n) is 10.9. The highest BCUT2D eigenvalue weighted by atomic mass is 35.5. The number of nitrogens with zero attached hydrogens (tertiary/aromatic N) is 3. The van der Waals surface area contributed by atoms with Gasteiger partial charge in [-0.15, -0.1) is 0 Å². The van der Waals surface area contributed by atoms with Crippen molar-refractivity contribution in [3.63, 3.8) is 0 Å². The standard InChI is InChI=1S/C14H11ClFN3O/c1-8-5-10(15)11(6-9(8)2)19-13(20)7-12(16)18-4-3-17-14(18)19/h3-7H,1-2H3. The van der Waals surface area contributed by atoms with Crippen molar-refractivity contribution >= 4 is 17.4 Å². The molecule has 0 aliphatic carbocycles. The van der Waals surface area contributed by atoms with Gasteiger partial charge in [-0.1, -0.05) is 11.6 Å². The van der Waals surface area contributed by atoms with Gasteiger partial charge in [0.05, 0.1) is 16.8 Å². The van der Waals surface area contributed by atoms with E-state index in [0.29, 0.717) is 10.7 Å². The van der Waals surface area contributed by atoms with Crippen molar-refractivity contribution in [2.24, 2.45) is 0 Å². The summed E-state index contributed by atoms with van der Waals surface area (Å²) in [6.07, 6.45) is 2.89. The summed E-state index contributed by atoms with van der Waals surface area (Å²) in [5.74, 6) is -0.459. The number of benzene rings is 1. The Labute approximate surface area is 119 Å². The molecule has 0 fully saturated rings. The summed E-state index contributed by atoms with van der Waals surface area (Å²) in [6, 6.07) is 4.49. The molecular formula is C14H11ClFN3O. The molecule has 0 aliphatic rings. The normalized spacial score (nSPS) is 11.2. The average Bonchev–Trinajstić information content (AvgIpc) is 2.84. The molecule has 4 nitrogen and oxygen atoms in total. The number of aryl methyl sites for hydroxylation is 2. The Morgan fingerprint density at radius 2 is 1.90 bits per heavy atom. The molecule has 0 atom stereocenters. The molecule has 0 aliphatic heterocycles. The second-order valence-electron chi connectivity index (χ2n) is 4.63. The summed E-state index contributed by atoms with van der Waals surface area (Å²) < 4.78 is 16.2. The fourth-order valence-electron chi connectivity index (χ4n) is 2.13. The van der Waals surface area contributed by atoms with Crippen LogP contribution in [0.3, 0.4) is 0 Å². The zero-order chi connectivity index (χ0) is 14.4. The lowest BCUT2D eigenvalue weighted by atomic mass is 10.1. The lowest BCUT2D eigenvalue weighted by Gasteiger charge is -2.12. The van der Waals surface area contributed by atoms with Gasteiger partial charge in [0.1, 0.15) is 0 Å². The molecule has 0 unspecified atom stereocenters. The van der Waals surface area contributed by atoms with Gasteiger partial charge in [0.15, 0.2) is 0 Å². The molecule has 102 valence electrons. The lowest BCUT2D eigenvalue weighted by Crippen LogP contribution is -2.22. The van der Waals surface area contributed by atoms with Gasteiger partial charge in [-0.3, -0.25) is 9.20 Å². The second-order valence-corrected chi connectivity index (χ2v) is 5.03. The fourth-order valence-corrected chi connectivity index (χ4v) is 2.43. The highest BCUT2D eigenvalue weighted by Gasteiger charge is 2.14. The number of halogens is 2. The van der Waals surface area contributed by atoms with Gasteiger partial charge in [-0.2, -0.15) is 4.39 Å². The summed E-state index contributed by atoms with van der Waals surface area (Å²) in [5, 5.41) is 0.423. The van der Waals surface area contributed by atoms with Crippen molar-refractivity contribution in [2.75, 3.05) is 0 Å². The summed E-state index contributed by atoms with van der Waals surface area (Å²) in [7, 11) is 0. The van der Waals surface area contributed by atoms with Crippen molar-refractivity contribution in [2.45, 2.75) is 13.8 Å². The van der Waals surface area contributed by atoms with Gasteiger partial charge in [0.25, 0.3) is 5.56 Å². The van der Waals surface area contributed by atoms with E-state index >= 15 is 0 Å². The molecule has 0 saturated carbocycles. The second kappa shape index (κ2) is 4.45. The van der Waals surface area contributed by atoms with Crippen LogP contribution in [-0.4, -0.2) is 14.0 Å². The topological polar surface area (TPSA) is 39.3 Å². The first-order valence-corrected chi connectivity index (χ1v) is 6.38. The first-order valence-electron chi connectivity index (χ1n) is 6.01. The van der Waals surface area contributed by atoms with Crippen LogP contribution in [0.5, 0.6) is 0 Å². The molecular weight excluding hydrogens is 281 g/mol. The van der Waals surface area contributed by atoms with E-state index in [9.17, 15) is 9.18 Å². The third-order valence-corrected chi connectivity index (χ3v) is 3.62. The molecule has 0 amide bonds. The van der Waals surface area contributed by atoms with Crippen LogP contribution >= 0.6 is 11.6 Å². The van der Waals surface area contributed by atoms with Crippen LogP contribution in [-0.2, 0) is 0 Å². The average molecular weight is 292 g/mol. The quantitative estimate of drug-likeness (QED) is 0.647. The monoisotopic (exact) mass is 291 g/mol. The van der Waals surface area contributed by atoms with Gasteiger partial charge in [-0.25, -0.2) is 9.55 Å². The van der Waals surface area contributed by atoms with E-state index in [1.807, 2.05) is 13.8 Å². The molecule has 1 aromatic carbocycles. The molecule has 3 aromatic rings. The number of imidazole rings is 1. The Balaban J connectivity index is 2.44. The number of aromatic nitrogens is 3. The van der Waals surface area contributed by atoms with Crippen LogP contribution in [0.2, 0.25) is 5.02 Å². The molecule has 2 aromatic heterocycles. The molecule has 6 heteroatoms. The van der Waals surface area contributed by atoms with Gasteiger partial charge in [-0.05, 0) is 37.1 Å². The van der Waals surface area contributed by atoms with E-state index in [2.05, 4.69) is 4.98 Å². The van der Waals surface area contributed by atoms with E-state index in [1.165, 1.54) is 21.4 Å². The minimum absolute atomic E-state index is 0.195. The molecule has 20 heavy (non-hydrogen) atoms. The first kappa shape index (κ1) is 12.9. The minimum atomic E-state index is -0.654. The maximum Gasteiger partial charge on any atom is 0.262 e. The Hall–Kier alpha value is -2.14. The van der Waals surface area contributed by atoms with Crippen molar-refractivity contribution < 1.29 is 4.39 Å². The third kappa shape index (κ3) is 1.82. The van der Waals surface area contributed by atoms with E-state index in [-0.39, 0.29) is 5.78 Å². The highest BCUT2D eigenvalue weighted by Crippen LogP contribution is 2.24. The van der Waals surface area contributed by atoms with Crippen LogP contribution < -0.4 is 5.56 Å². The van der Waals surface area contributed by atoms with Crippen LogP contribution in [0.15, 0.2) is 35.4 Å². The van der Waals surface area contributed by atoms with Crippen LogP contribution in [0.25, 0.3) is 11.5 Å². The van der Waals surface area contributed by atoms with Crippen molar-refractivity contribution in [1.82, 2.24) is 14.0 Å². The maximum atomic E-state index is 13.7. The van der Waals surface area contributed by atoms with Crippen LogP contribution in [0, 0.1) is 19.8 Å². The van der Waals surface area contributed by atoms with Gasteiger partial charge >= 0.3 is 0 Å². The summed E-state index contributed by atoms with van der Waals surface area (Å²) in [6.45, 7) is 3.86. The molecule has 0 saturated heterocycles. The summed E-state index contributed by atoms with van der Waals surface area (Å²) in [5.41, 5.74) is 2.00. The molecule has 0 N–H and O–H groups in total. The Bertz CT molecular complexity index is 882. The predicted octanol–water partition coefficient (Wildman–Crippen LogP) is 2.89. The molecule has 0 radical (unpaired) electrons. The van der Waals surface area contributed by atoms with Gasteiger partial charge in [0.2, 0.25) is 11.7 Å². The number of hydrogen-bond donors (Lipinski definition) is 0. The Morgan fingerprint density at radius 1 is 1.20 bits per heavy atom. The third-order valence-electron chi connectivity index (χ3n) is 3.32. The van der Waals surface area contributed by atoms with E-state index in [0.717, 1.165) is 17.2 Å². The van der Waals surface area contributed by atoms with E-state index in [1.54, 1.807) is 12.1 Å². The fraction of sp³-hybridized carbons (Fsp3) is 0.143. The first-order chi connectivity index (χ1) is 9.49. The Kier molecular flexibility index (Phi) is 2.87. The SMILES string of the molecule is Cc1cc(Cl)c(-n2c(=O)cc(F)n3ccnc23)cc1C. The summed E-state index contributed by atoms with van der Waals surface area (Å²) >= 11 is 6.22. The van der Waals surface area contributed by atoms with Crippen LogP contribution in [0.1, 0.15) is 11.1 Å². The van der Waals surface area contributed by atoms with Crippen LogP contribution in [0.4, 0.5) is 4.39 Å². The molecule has 0 bridgehead atoms. The number of fused-ring (bicyclic) bond motifs is 1. The smallest absolute Gasteiger partial charge is 0.262 e. The minimum Gasteiger partial charge on any atom is -0.269 e. The largest absolute Gasteiger partial charge is 0.269 e. The highest BCUT2D eigenvalue weighted by molar-refractivity contribution is 6.32. The van der Waals surface area contributed by atoms with Gasteiger partial charge < -0.3 is 0 Å². The molecule has 3 rings (SSSR count). The summed E-state index contributed by atoms with van der Waals surface area (Å²) in [4.78, 5) is 16.1. The maximum absolute atomic E-state index is 13.7. The van der Waals surface area contributed by atoms with Crippen molar-refractivity contribution in [3.05, 3.63) is 63.0 Å². The van der Waals surface area contributed by atoms with Crippen molar-refractivity contribution in [1.29, 1.82) is 0 Å². The number of rotatable bonds is 1. The van der Waals surface area contributed by atoms with Crippen molar-refractivity contribution in [3.8, 4) is 5.69 Å². The molecule has 2 heterocycles. The lowest BCUT2D eigenvalue weighted by molar-refractivity contribution is 0.558. The predicted molar refractivity (Wildman–Crippen MR) is 75.2 cm³/mol. The molecule has 0 spiro atoms. The zero-order valence-corrected chi connectivity index (χ0v) is 11.6. The Morgan fingerprint density at radius 3 is 2.65 bits per heavy atom. The van der Waals surface area contributed by atoms with Gasteiger partial charge in [0, 0.05) is 12.4 Å². The van der Waals surface area contributed by atoms with E-state index < -0.39 is 11.5 Å².